The number of carboxylic acid groups (broad SMARTS) is 1. The monoisotopic (exact) mass is 222 g/mol. The van der Waals surface area contributed by atoms with Gasteiger partial charge in [-0.2, -0.15) is 0 Å². The van der Waals surface area contributed by atoms with Gasteiger partial charge in [0, 0.05) is 5.92 Å². The number of aliphatic carboxylic acids is 1. The fraction of sp³-hybridized carbons (Fsp3) is 0.462. The Kier molecular flexibility index (Phi) is 2.30. The Balaban J connectivity index is 2.40. The maximum atomic E-state index is 13.6. The fourth-order valence-corrected chi connectivity index (χ4v) is 2.58. The van der Waals surface area contributed by atoms with Gasteiger partial charge in [0.05, 0.1) is 5.92 Å². The Morgan fingerprint density at radius 2 is 2.06 bits per heavy atom. The molecule has 3 heteroatoms. The third kappa shape index (κ3) is 1.51. The Morgan fingerprint density at radius 1 is 1.44 bits per heavy atom. The largest absolute Gasteiger partial charge is 0.481 e. The number of halogens is 1. The molecule has 2 rings (SSSR count). The van der Waals surface area contributed by atoms with Crippen molar-refractivity contribution in [3.63, 3.8) is 0 Å². The molecule has 0 amide bonds. The zero-order chi connectivity index (χ0) is 12.1. The quantitative estimate of drug-likeness (QED) is 0.835. The molecule has 0 saturated heterocycles. The van der Waals surface area contributed by atoms with Gasteiger partial charge in [-0.1, -0.05) is 31.5 Å². The second-order valence-corrected chi connectivity index (χ2v) is 5.14. The number of rotatable bonds is 2. The number of carboxylic acids is 1. The van der Waals surface area contributed by atoms with Crippen molar-refractivity contribution in [1.29, 1.82) is 0 Å². The van der Waals surface area contributed by atoms with Gasteiger partial charge in [-0.15, -0.1) is 0 Å². The van der Waals surface area contributed by atoms with Crippen LogP contribution < -0.4 is 0 Å². The smallest absolute Gasteiger partial charge is 0.307 e. The zero-order valence-electron chi connectivity index (χ0n) is 9.62. The normalized spacial score (nSPS) is 26.5. The maximum absolute atomic E-state index is 13.6. The molecule has 16 heavy (non-hydrogen) atoms. The van der Waals surface area contributed by atoms with Crippen molar-refractivity contribution in [1.82, 2.24) is 0 Å². The summed E-state index contributed by atoms with van der Waals surface area (Å²) in [6, 6.07) is 4.87. The van der Waals surface area contributed by atoms with Crippen molar-refractivity contribution >= 4 is 5.97 Å². The van der Waals surface area contributed by atoms with Crippen LogP contribution in [0.1, 0.15) is 30.9 Å². The molecule has 0 bridgehead atoms. The summed E-state index contributed by atoms with van der Waals surface area (Å²) in [5.74, 6) is -1.81. The average molecular weight is 222 g/mol. The molecular weight excluding hydrogens is 207 g/mol. The van der Waals surface area contributed by atoms with Crippen LogP contribution in [0.5, 0.6) is 0 Å². The van der Waals surface area contributed by atoms with Crippen LogP contribution in [0.3, 0.4) is 0 Å². The van der Waals surface area contributed by atoms with E-state index in [-0.39, 0.29) is 17.2 Å². The highest BCUT2D eigenvalue weighted by Gasteiger charge is 2.63. The highest BCUT2D eigenvalue weighted by molar-refractivity contribution is 5.77. The van der Waals surface area contributed by atoms with Crippen LogP contribution in [0, 0.1) is 24.1 Å². The van der Waals surface area contributed by atoms with Gasteiger partial charge in [0.2, 0.25) is 0 Å². The lowest BCUT2D eigenvalue weighted by Gasteiger charge is -2.05. The van der Waals surface area contributed by atoms with Gasteiger partial charge < -0.3 is 5.11 Å². The molecule has 1 fully saturated rings. The van der Waals surface area contributed by atoms with Crippen LogP contribution in [-0.4, -0.2) is 11.1 Å². The van der Waals surface area contributed by atoms with Crippen molar-refractivity contribution in [2.75, 3.05) is 0 Å². The van der Waals surface area contributed by atoms with Gasteiger partial charge in [-0.3, -0.25) is 4.79 Å². The number of benzene rings is 1. The van der Waals surface area contributed by atoms with E-state index in [9.17, 15) is 9.18 Å². The van der Waals surface area contributed by atoms with Gasteiger partial charge in [0.15, 0.2) is 0 Å². The topological polar surface area (TPSA) is 37.3 Å². The third-order valence-corrected chi connectivity index (χ3v) is 3.58. The van der Waals surface area contributed by atoms with E-state index in [1.165, 1.54) is 6.07 Å². The fourth-order valence-electron chi connectivity index (χ4n) is 2.58. The molecule has 1 saturated carbocycles. The molecule has 1 aromatic carbocycles. The first kappa shape index (κ1) is 11.1. The van der Waals surface area contributed by atoms with E-state index in [4.69, 9.17) is 5.11 Å². The lowest BCUT2D eigenvalue weighted by molar-refractivity contribution is -0.139. The van der Waals surface area contributed by atoms with Crippen LogP contribution in [0.25, 0.3) is 0 Å². The molecule has 1 aliphatic rings. The van der Waals surface area contributed by atoms with Gasteiger partial charge in [0.1, 0.15) is 5.82 Å². The Bertz CT molecular complexity index is 451. The van der Waals surface area contributed by atoms with E-state index < -0.39 is 11.9 Å². The molecule has 0 heterocycles. The minimum Gasteiger partial charge on any atom is -0.481 e. The molecule has 1 aromatic rings. The van der Waals surface area contributed by atoms with Crippen molar-refractivity contribution in [3.8, 4) is 0 Å². The molecule has 1 aliphatic carbocycles. The third-order valence-electron chi connectivity index (χ3n) is 3.58. The molecule has 0 spiro atoms. The van der Waals surface area contributed by atoms with Crippen LogP contribution in [0.15, 0.2) is 18.2 Å². The van der Waals surface area contributed by atoms with Crippen molar-refractivity contribution in [2.24, 2.45) is 11.3 Å². The Hall–Kier alpha value is -1.38. The first-order valence-electron chi connectivity index (χ1n) is 5.34. The minimum absolute atomic E-state index is 0.204. The number of carbonyl (C=O) groups is 1. The number of hydrogen-bond donors (Lipinski definition) is 1. The predicted molar refractivity (Wildman–Crippen MR) is 58.8 cm³/mol. The summed E-state index contributed by atoms with van der Waals surface area (Å²) in [5.41, 5.74) is 1.15. The number of hydrogen-bond acceptors (Lipinski definition) is 1. The molecule has 0 unspecified atom stereocenters. The predicted octanol–water partition coefficient (Wildman–Crippen LogP) is 2.96. The Morgan fingerprint density at radius 3 is 2.56 bits per heavy atom. The van der Waals surface area contributed by atoms with Gasteiger partial charge in [0.25, 0.3) is 0 Å². The summed E-state index contributed by atoms with van der Waals surface area (Å²) in [6.07, 6.45) is 0. The molecule has 0 radical (unpaired) electrons. The average Bonchev–Trinajstić information content (AvgIpc) is 2.73. The highest BCUT2D eigenvalue weighted by Crippen LogP contribution is 2.64. The van der Waals surface area contributed by atoms with Crippen molar-refractivity contribution in [2.45, 2.75) is 26.7 Å². The van der Waals surface area contributed by atoms with E-state index in [0.29, 0.717) is 5.56 Å². The SMILES string of the molecule is Cc1ccc(F)c([C@@H]2[C@@H](C(=O)O)C2(C)C)c1. The maximum Gasteiger partial charge on any atom is 0.307 e. The molecule has 2 nitrogen and oxygen atoms in total. The second kappa shape index (κ2) is 3.30. The minimum atomic E-state index is -0.837. The molecule has 0 aliphatic heterocycles. The van der Waals surface area contributed by atoms with E-state index in [1.54, 1.807) is 12.1 Å². The molecule has 0 aromatic heterocycles. The first-order valence-corrected chi connectivity index (χ1v) is 5.34. The number of aryl methyl sites for hydroxylation is 1. The Labute approximate surface area is 94.1 Å². The van der Waals surface area contributed by atoms with E-state index >= 15 is 0 Å². The summed E-state index contributed by atoms with van der Waals surface area (Å²) < 4.78 is 13.6. The summed E-state index contributed by atoms with van der Waals surface area (Å²) in [6.45, 7) is 5.63. The van der Waals surface area contributed by atoms with Crippen molar-refractivity contribution in [3.05, 3.63) is 35.1 Å². The van der Waals surface area contributed by atoms with Crippen LogP contribution in [-0.2, 0) is 4.79 Å². The zero-order valence-corrected chi connectivity index (χ0v) is 9.62. The molecule has 2 atom stereocenters. The lowest BCUT2D eigenvalue weighted by Crippen LogP contribution is -2.03. The van der Waals surface area contributed by atoms with Crippen LogP contribution >= 0.6 is 0 Å². The molecule has 86 valence electrons. The van der Waals surface area contributed by atoms with Gasteiger partial charge in [-0.25, -0.2) is 4.39 Å². The van der Waals surface area contributed by atoms with E-state index in [1.807, 2.05) is 20.8 Å². The summed E-state index contributed by atoms with van der Waals surface area (Å²) in [4.78, 5) is 11.0. The van der Waals surface area contributed by atoms with Crippen molar-refractivity contribution < 1.29 is 14.3 Å². The standard InChI is InChI=1S/C13H15FO2/c1-7-4-5-9(14)8(6-7)10-11(12(15)16)13(10,2)3/h4-6,10-11H,1-3H3,(H,15,16)/t10-,11+/m1/s1. The molecule has 1 N–H and O–H groups in total. The first-order chi connectivity index (χ1) is 7.35. The summed E-state index contributed by atoms with van der Waals surface area (Å²) in [7, 11) is 0. The van der Waals surface area contributed by atoms with E-state index in [2.05, 4.69) is 0 Å². The van der Waals surface area contributed by atoms with E-state index in [0.717, 1.165) is 5.56 Å². The molecular formula is C13H15FO2. The lowest BCUT2D eigenvalue weighted by atomic mass is 10.0. The van der Waals surface area contributed by atoms with Gasteiger partial charge in [-0.05, 0) is 24.0 Å². The van der Waals surface area contributed by atoms with Gasteiger partial charge >= 0.3 is 5.97 Å². The second-order valence-electron chi connectivity index (χ2n) is 5.14. The van der Waals surface area contributed by atoms with Crippen LogP contribution in [0.2, 0.25) is 0 Å². The van der Waals surface area contributed by atoms with Crippen LogP contribution in [0.4, 0.5) is 4.39 Å². The summed E-state index contributed by atoms with van der Waals surface area (Å²) in [5, 5.41) is 9.06. The highest BCUT2D eigenvalue weighted by atomic mass is 19.1. The summed E-state index contributed by atoms with van der Waals surface area (Å²) >= 11 is 0.